The van der Waals surface area contributed by atoms with Gasteiger partial charge in [-0.1, -0.05) is 20.8 Å². The van der Waals surface area contributed by atoms with Crippen molar-refractivity contribution in [1.82, 2.24) is 0 Å². The van der Waals surface area contributed by atoms with E-state index in [4.69, 9.17) is 5.11 Å². The molecule has 1 saturated carbocycles. The summed E-state index contributed by atoms with van der Waals surface area (Å²) in [6.07, 6.45) is 3.69. The summed E-state index contributed by atoms with van der Waals surface area (Å²) in [5, 5.41) is 9.15. The number of rotatable bonds is 1. The maximum absolute atomic E-state index is 9.15. The lowest BCUT2D eigenvalue weighted by Crippen LogP contribution is -2.31. The van der Waals surface area contributed by atoms with Crippen molar-refractivity contribution in [3.63, 3.8) is 0 Å². The zero-order valence-electron chi connectivity index (χ0n) is 7.93. The van der Waals surface area contributed by atoms with E-state index in [1.54, 1.807) is 0 Å². The molecule has 1 nitrogen and oxygen atoms in total. The monoisotopic (exact) mass is 156 g/mol. The van der Waals surface area contributed by atoms with Gasteiger partial charge in [0.15, 0.2) is 0 Å². The molecular weight excluding hydrogens is 136 g/mol. The van der Waals surface area contributed by atoms with Crippen LogP contribution in [0.2, 0.25) is 0 Å². The van der Waals surface area contributed by atoms with Crippen LogP contribution in [0.3, 0.4) is 0 Å². The third kappa shape index (κ3) is 1.96. The first-order chi connectivity index (χ1) is 5.07. The van der Waals surface area contributed by atoms with Crippen LogP contribution in [0.4, 0.5) is 0 Å². The van der Waals surface area contributed by atoms with Gasteiger partial charge in [-0.15, -0.1) is 0 Å². The van der Waals surface area contributed by atoms with Gasteiger partial charge in [0.25, 0.3) is 0 Å². The van der Waals surface area contributed by atoms with Crippen molar-refractivity contribution >= 4 is 0 Å². The summed E-state index contributed by atoms with van der Waals surface area (Å²) >= 11 is 0. The molecule has 3 atom stereocenters. The summed E-state index contributed by atoms with van der Waals surface area (Å²) in [6.45, 7) is 7.19. The molecule has 0 aromatic heterocycles. The highest BCUT2D eigenvalue weighted by Gasteiger charge is 2.32. The minimum Gasteiger partial charge on any atom is -0.396 e. The van der Waals surface area contributed by atoms with E-state index in [-0.39, 0.29) is 5.41 Å². The molecule has 0 aliphatic heterocycles. The fourth-order valence-corrected chi connectivity index (χ4v) is 2.08. The van der Waals surface area contributed by atoms with Crippen molar-refractivity contribution in [3.8, 4) is 0 Å². The molecule has 1 N–H and O–H groups in total. The van der Waals surface area contributed by atoms with Crippen molar-refractivity contribution in [2.45, 2.75) is 40.0 Å². The number of aliphatic hydroxyl groups excluding tert-OH is 1. The Hall–Kier alpha value is -0.0400. The van der Waals surface area contributed by atoms with Crippen LogP contribution >= 0.6 is 0 Å². The quantitative estimate of drug-likeness (QED) is 0.618. The van der Waals surface area contributed by atoms with E-state index < -0.39 is 0 Å². The van der Waals surface area contributed by atoms with E-state index in [9.17, 15) is 0 Å². The SMILES string of the molecule is C[C@@H]1CC[C@@](C)(CO)C[C@H]1C. The predicted octanol–water partition coefficient (Wildman–Crippen LogP) is 2.44. The topological polar surface area (TPSA) is 20.2 Å². The van der Waals surface area contributed by atoms with Crippen molar-refractivity contribution in [2.75, 3.05) is 6.61 Å². The summed E-state index contributed by atoms with van der Waals surface area (Å²) in [4.78, 5) is 0. The first kappa shape index (κ1) is 9.05. The third-order valence-corrected chi connectivity index (χ3v) is 3.37. The van der Waals surface area contributed by atoms with E-state index in [1.165, 1.54) is 19.3 Å². The lowest BCUT2D eigenvalue weighted by molar-refractivity contribution is 0.0546. The van der Waals surface area contributed by atoms with Gasteiger partial charge in [-0.2, -0.15) is 0 Å². The average Bonchev–Trinajstić information content (AvgIpc) is 1.98. The molecule has 0 saturated heterocycles. The minimum absolute atomic E-state index is 0.228. The molecule has 66 valence electrons. The molecule has 1 fully saturated rings. The van der Waals surface area contributed by atoms with E-state index in [1.807, 2.05) is 0 Å². The largest absolute Gasteiger partial charge is 0.396 e. The zero-order chi connectivity index (χ0) is 8.48. The van der Waals surface area contributed by atoms with E-state index >= 15 is 0 Å². The number of aliphatic hydroxyl groups is 1. The molecule has 1 aliphatic rings. The Bertz CT molecular complexity index is 133. The zero-order valence-corrected chi connectivity index (χ0v) is 7.93. The summed E-state index contributed by atoms with van der Waals surface area (Å²) in [5.74, 6) is 1.65. The molecule has 0 aromatic rings. The van der Waals surface area contributed by atoms with Crippen molar-refractivity contribution in [2.24, 2.45) is 17.3 Å². The average molecular weight is 156 g/mol. The number of hydrogen-bond acceptors (Lipinski definition) is 1. The van der Waals surface area contributed by atoms with Gasteiger partial charge < -0.3 is 5.11 Å². The Morgan fingerprint density at radius 2 is 2.00 bits per heavy atom. The van der Waals surface area contributed by atoms with Crippen LogP contribution in [-0.4, -0.2) is 11.7 Å². The molecule has 1 rings (SSSR count). The van der Waals surface area contributed by atoms with Gasteiger partial charge in [0.2, 0.25) is 0 Å². The molecule has 0 unspecified atom stereocenters. The molecule has 0 heterocycles. The van der Waals surface area contributed by atoms with Gasteiger partial charge in [0, 0.05) is 6.61 Å². The molecule has 0 spiro atoms. The van der Waals surface area contributed by atoms with Gasteiger partial charge in [-0.3, -0.25) is 0 Å². The Labute approximate surface area is 69.8 Å². The maximum Gasteiger partial charge on any atom is 0.0484 e. The highest BCUT2D eigenvalue weighted by molar-refractivity contribution is 4.83. The van der Waals surface area contributed by atoms with Gasteiger partial charge in [0.05, 0.1) is 0 Å². The fourth-order valence-electron chi connectivity index (χ4n) is 2.08. The van der Waals surface area contributed by atoms with Crippen molar-refractivity contribution < 1.29 is 5.11 Å². The van der Waals surface area contributed by atoms with Gasteiger partial charge in [-0.25, -0.2) is 0 Å². The third-order valence-electron chi connectivity index (χ3n) is 3.37. The molecule has 0 bridgehead atoms. The Morgan fingerprint density at radius 3 is 2.45 bits per heavy atom. The maximum atomic E-state index is 9.15. The van der Waals surface area contributed by atoms with E-state index in [0.29, 0.717) is 6.61 Å². The van der Waals surface area contributed by atoms with Crippen LogP contribution in [-0.2, 0) is 0 Å². The van der Waals surface area contributed by atoms with Crippen LogP contribution in [0.1, 0.15) is 40.0 Å². The van der Waals surface area contributed by atoms with E-state index in [0.717, 1.165) is 11.8 Å². The second-order valence-electron chi connectivity index (χ2n) is 4.67. The fraction of sp³-hybridized carbons (Fsp3) is 1.00. The van der Waals surface area contributed by atoms with Gasteiger partial charge in [0.1, 0.15) is 0 Å². The van der Waals surface area contributed by atoms with Gasteiger partial charge >= 0.3 is 0 Å². The summed E-state index contributed by atoms with van der Waals surface area (Å²) < 4.78 is 0. The Kier molecular flexibility index (Phi) is 2.58. The molecule has 1 heteroatoms. The second kappa shape index (κ2) is 3.14. The Morgan fingerprint density at radius 1 is 1.36 bits per heavy atom. The predicted molar refractivity (Wildman–Crippen MR) is 47.4 cm³/mol. The lowest BCUT2D eigenvalue weighted by Gasteiger charge is -2.39. The van der Waals surface area contributed by atoms with Crippen molar-refractivity contribution in [3.05, 3.63) is 0 Å². The normalized spacial score (nSPS) is 45.8. The standard InChI is InChI=1S/C10H20O/c1-8-4-5-10(3,7-11)6-9(8)2/h8-9,11H,4-7H2,1-3H3/t8-,9-,10-/m1/s1. The highest BCUT2D eigenvalue weighted by Crippen LogP contribution is 2.41. The molecule has 11 heavy (non-hydrogen) atoms. The molecule has 1 aliphatic carbocycles. The molecule has 0 aromatic carbocycles. The minimum atomic E-state index is 0.228. The van der Waals surface area contributed by atoms with Crippen molar-refractivity contribution in [1.29, 1.82) is 0 Å². The number of hydrogen-bond donors (Lipinski definition) is 1. The lowest BCUT2D eigenvalue weighted by atomic mass is 9.68. The van der Waals surface area contributed by atoms with Crippen LogP contribution in [0.25, 0.3) is 0 Å². The second-order valence-corrected chi connectivity index (χ2v) is 4.67. The molecule has 0 amide bonds. The van der Waals surface area contributed by atoms with Crippen LogP contribution in [0.15, 0.2) is 0 Å². The highest BCUT2D eigenvalue weighted by atomic mass is 16.3. The first-order valence-electron chi connectivity index (χ1n) is 4.68. The van der Waals surface area contributed by atoms with Gasteiger partial charge in [-0.05, 0) is 36.5 Å². The van der Waals surface area contributed by atoms with Crippen LogP contribution < -0.4 is 0 Å². The smallest absolute Gasteiger partial charge is 0.0484 e. The molecule has 0 radical (unpaired) electrons. The Balaban J connectivity index is 2.51. The van der Waals surface area contributed by atoms with Crippen LogP contribution in [0, 0.1) is 17.3 Å². The summed E-state index contributed by atoms with van der Waals surface area (Å²) in [6, 6.07) is 0. The molecular formula is C10H20O. The summed E-state index contributed by atoms with van der Waals surface area (Å²) in [7, 11) is 0. The summed E-state index contributed by atoms with van der Waals surface area (Å²) in [5.41, 5.74) is 0.228. The first-order valence-corrected chi connectivity index (χ1v) is 4.68. The van der Waals surface area contributed by atoms with Crippen LogP contribution in [0.5, 0.6) is 0 Å². The van der Waals surface area contributed by atoms with E-state index in [2.05, 4.69) is 20.8 Å².